The third-order valence-electron chi connectivity index (χ3n) is 19.2. The van der Waals surface area contributed by atoms with E-state index in [1.54, 1.807) is 0 Å². The highest BCUT2D eigenvalue weighted by Gasteiger charge is 2.30. The van der Waals surface area contributed by atoms with Crippen LogP contribution >= 0.6 is 15.6 Å². The van der Waals surface area contributed by atoms with Crippen molar-refractivity contribution in [2.45, 2.75) is 452 Å². The predicted octanol–water partition coefficient (Wildman–Crippen LogP) is 24.7. The number of carbonyl (C=O) groups excluding carboxylic acids is 4. The van der Waals surface area contributed by atoms with Gasteiger partial charge >= 0.3 is 39.5 Å². The topological polar surface area (TPSA) is 237 Å². The molecule has 0 rings (SSSR count). The molecular formula is C82H160O17P2. The van der Waals surface area contributed by atoms with E-state index in [1.807, 2.05) is 0 Å². The SMILES string of the molecule is CCCCCCCCCCCCCCCCCCCCCCCCC(=O)O[C@H](COC(=O)CCCCCCCCCCCCCCCCC)COP(=O)(O)OC[C@@H](O)COP(=O)(O)OC[C@@H](COC(=O)CCCCCCCCCCCC(C)C)OC(=O)CCCCCCCCCCCC(C)C. The van der Waals surface area contributed by atoms with Crippen molar-refractivity contribution in [2.24, 2.45) is 11.8 Å². The summed E-state index contributed by atoms with van der Waals surface area (Å²) in [7, 11) is -9.92. The van der Waals surface area contributed by atoms with Crippen LogP contribution in [0.15, 0.2) is 0 Å². The van der Waals surface area contributed by atoms with Crippen LogP contribution < -0.4 is 0 Å². The molecule has 2 unspecified atom stereocenters. The molecule has 0 amide bonds. The predicted molar refractivity (Wildman–Crippen MR) is 414 cm³/mol. The number of ether oxygens (including phenoxy) is 4. The third-order valence-corrected chi connectivity index (χ3v) is 21.1. The minimum Gasteiger partial charge on any atom is -0.462 e. The zero-order chi connectivity index (χ0) is 74.2. The minimum atomic E-state index is -4.96. The molecule has 0 saturated carbocycles. The van der Waals surface area contributed by atoms with Gasteiger partial charge in [-0.05, 0) is 37.5 Å². The molecule has 0 aliphatic rings. The molecule has 3 N–H and O–H groups in total. The number of hydrogen-bond acceptors (Lipinski definition) is 15. The molecule has 0 spiro atoms. The van der Waals surface area contributed by atoms with Gasteiger partial charge in [0.15, 0.2) is 12.2 Å². The second-order valence-corrected chi connectivity index (χ2v) is 33.4. The van der Waals surface area contributed by atoms with Crippen molar-refractivity contribution in [3.05, 3.63) is 0 Å². The van der Waals surface area contributed by atoms with Crippen molar-refractivity contribution in [1.82, 2.24) is 0 Å². The summed E-state index contributed by atoms with van der Waals surface area (Å²) in [6.45, 7) is 9.59. The standard InChI is InChI=1S/C82H160O17P2/c1-7-9-11-13-15-17-19-21-23-24-25-26-27-28-29-31-33-35-41-48-54-60-66-81(86)98-77(70-92-79(84)64-58-52-46-40-34-32-30-22-20-18-16-14-12-10-8-2)72-96-100(88,89)94-68-76(83)69-95-101(90,91)97-73-78(99-82(87)67-61-55-49-43-37-39-45-51-57-63-75(5)6)71-93-80(85)65-59-53-47-42-36-38-44-50-56-62-74(3)4/h74-78,83H,7-73H2,1-6H3,(H,88,89)(H,90,91)/t76-,77-,78-/m1/s1. The second-order valence-electron chi connectivity index (χ2n) is 30.5. The van der Waals surface area contributed by atoms with Crippen LogP contribution in [0.2, 0.25) is 0 Å². The van der Waals surface area contributed by atoms with Crippen molar-refractivity contribution in [2.75, 3.05) is 39.6 Å². The summed E-state index contributed by atoms with van der Waals surface area (Å²) in [6, 6.07) is 0. The number of aliphatic hydroxyl groups is 1. The molecule has 0 aromatic heterocycles. The molecular weight excluding hydrogens is 1320 g/mol. The molecule has 0 aromatic rings. The largest absolute Gasteiger partial charge is 0.472 e. The van der Waals surface area contributed by atoms with Gasteiger partial charge in [0.1, 0.15) is 19.3 Å². The Morgan fingerprint density at radius 1 is 0.267 bits per heavy atom. The van der Waals surface area contributed by atoms with Crippen molar-refractivity contribution >= 4 is 39.5 Å². The summed E-state index contributed by atoms with van der Waals surface area (Å²) < 4.78 is 68.7. The van der Waals surface area contributed by atoms with Crippen LogP contribution in [0.4, 0.5) is 0 Å². The first-order valence-corrected chi connectivity index (χ1v) is 45.5. The van der Waals surface area contributed by atoms with Gasteiger partial charge < -0.3 is 33.8 Å². The maximum atomic E-state index is 13.1. The Kier molecular flexibility index (Phi) is 72.2. The molecule has 0 heterocycles. The molecule has 0 radical (unpaired) electrons. The van der Waals surface area contributed by atoms with Gasteiger partial charge in [-0.1, -0.05) is 382 Å². The lowest BCUT2D eigenvalue weighted by Gasteiger charge is -2.21. The molecule has 0 saturated heterocycles. The molecule has 5 atom stereocenters. The quantitative estimate of drug-likeness (QED) is 0.0222. The van der Waals surface area contributed by atoms with Crippen molar-refractivity contribution < 1.29 is 80.2 Å². The number of phosphoric ester groups is 2. The van der Waals surface area contributed by atoms with Crippen LogP contribution in [0.25, 0.3) is 0 Å². The number of aliphatic hydroxyl groups excluding tert-OH is 1. The first kappa shape index (κ1) is 99.1. The fraction of sp³-hybridized carbons (Fsp3) is 0.951. The number of hydrogen-bond donors (Lipinski definition) is 3. The Bertz CT molecular complexity index is 1940. The van der Waals surface area contributed by atoms with Gasteiger partial charge in [0.05, 0.1) is 26.4 Å². The van der Waals surface area contributed by atoms with E-state index < -0.39 is 97.5 Å². The van der Waals surface area contributed by atoms with Crippen LogP contribution in [0.1, 0.15) is 433 Å². The number of phosphoric acid groups is 2. The van der Waals surface area contributed by atoms with Crippen LogP contribution in [-0.2, 0) is 65.4 Å². The van der Waals surface area contributed by atoms with Crippen LogP contribution in [-0.4, -0.2) is 96.7 Å². The average Bonchev–Trinajstić information content (AvgIpc) is 1.20. The number of unbranched alkanes of at least 4 members (excludes halogenated alkanes) is 51. The van der Waals surface area contributed by atoms with E-state index in [-0.39, 0.29) is 25.7 Å². The number of esters is 4. The van der Waals surface area contributed by atoms with Gasteiger partial charge in [-0.25, -0.2) is 9.13 Å². The summed E-state index contributed by atoms with van der Waals surface area (Å²) in [5, 5.41) is 10.6. The summed E-state index contributed by atoms with van der Waals surface area (Å²) in [5.74, 6) is -0.629. The third kappa shape index (κ3) is 76.1. The number of rotatable bonds is 81. The average molecular weight is 1480 g/mol. The normalized spacial score (nSPS) is 13.9. The maximum Gasteiger partial charge on any atom is 0.472 e. The minimum absolute atomic E-state index is 0.105. The maximum absolute atomic E-state index is 13.1. The molecule has 0 aliphatic heterocycles. The molecule has 0 aromatic carbocycles. The smallest absolute Gasteiger partial charge is 0.462 e. The van der Waals surface area contributed by atoms with Crippen molar-refractivity contribution in [1.29, 1.82) is 0 Å². The molecule has 0 bridgehead atoms. The Labute approximate surface area is 619 Å². The first-order valence-electron chi connectivity index (χ1n) is 42.5. The van der Waals surface area contributed by atoms with E-state index >= 15 is 0 Å². The molecule has 600 valence electrons. The Morgan fingerprint density at radius 2 is 0.455 bits per heavy atom. The van der Waals surface area contributed by atoms with Gasteiger partial charge in [0.2, 0.25) is 0 Å². The summed E-state index contributed by atoms with van der Waals surface area (Å²) in [6.07, 6.45) is 64.0. The lowest BCUT2D eigenvalue weighted by molar-refractivity contribution is -0.161. The van der Waals surface area contributed by atoms with E-state index in [4.69, 9.17) is 37.0 Å². The van der Waals surface area contributed by atoms with E-state index in [1.165, 1.54) is 250 Å². The molecule has 19 heteroatoms. The van der Waals surface area contributed by atoms with E-state index in [9.17, 15) is 43.2 Å². The Balaban J connectivity index is 5.21. The van der Waals surface area contributed by atoms with Gasteiger partial charge in [0, 0.05) is 25.7 Å². The zero-order valence-corrected chi connectivity index (χ0v) is 68.0. The Hall–Kier alpha value is -1.94. The van der Waals surface area contributed by atoms with Gasteiger partial charge in [-0.2, -0.15) is 0 Å². The van der Waals surface area contributed by atoms with Crippen LogP contribution in [0, 0.1) is 11.8 Å². The molecule has 0 aliphatic carbocycles. The van der Waals surface area contributed by atoms with Crippen LogP contribution in [0.5, 0.6) is 0 Å². The highest BCUT2D eigenvalue weighted by Crippen LogP contribution is 2.45. The summed E-state index contributed by atoms with van der Waals surface area (Å²) >= 11 is 0. The zero-order valence-electron chi connectivity index (χ0n) is 66.2. The fourth-order valence-corrected chi connectivity index (χ4v) is 14.3. The highest BCUT2D eigenvalue weighted by atomic mass is 31.2. The van der Waals surface area contributed by atoms with E-state index in [0.717, 1.165) is 102 Å². The second kappa shape index (κ2) is 73.6. The fourth-order valence-electron chi connectivity index (χ4n) is 12.7. The lowest BCUT2D eigenvalue weighted by Crippen LogP contribution is -2.30. The van der Waals surface area contributed by atoms with E-state index in [0.29, 0.717) is 25.7 Å². The van der Waals surface area contributed by atoms with Gasteiger partial charge in [-0.3, -0.25) is 37.3 Å². The van der Waals surface area contributed by atoms with Crippen molar-refractivity contribution in [3.8, 4) is 0 Å². The molecule has 0 fully saturated rings. The van der Waals surface area contributed by atoms with Gasteiger partial charge in [-0.15, -0.1) is 0 Å². The van der Waals surface area contributed by atoms with Gasteiger partial charge in [0.25, 0.3) is 0 Å². The monoisotopic (exact) mass is 1480 g/mol. The number of carbonyl (C=O) groups is 4. The summed E-state index contributed by atoms with van der Waals surface area (Å²) in [4.78, 5) is 73.0. The summed E-state index contributed by atoms with van der Waals surface area (Å²) in [5.41, 5.74) is 0. The van der Waals surface area contributed by atoms with E-state index in [2.05, 4.69) is 41.5 Å². The first-order chi connectivity index (χ1) is 48.9. The van der Waals surface area contributed by atoms with Crippen LogP contribution in [0.3, 0.4) is 0 Å². The van der Waals surface area contributed by atoms with Crippen molar-refractivity contribution in [3.63, 3.8) is 0 Å². The molecule has 17 nitrogen and oxygen atoms in total. The lowest BCUT2D eigenvalue weighted by atomic mass is 10.0. The molecule has 101 heavy (non-hydrogen) atoms. The Morgan fingerprint density at radius 3 is 0.673 bits per heavy atom. The highest BCUT2D eigenvalue weighted by molar-refractivity contribution is 7.47.